The van der Waals surface area contributed by atoms with Crippen molar-refractivity contribution in [3.63, 3.8) is 0 Å². The van der Waals surface area contributed by atoms with Gasteiger partial charge in [0.25, 0.3) is 0 Å². The Bertz CT molecular complexity index is 395. The molecule has 0 unspecified atom stereocenters. The number of ether oxygens (including phenoxy) is 1. The molecule has 3 heteroatoms. The molecule has 78 valence electrons. The molecule has 0 aromatic heterocycles. The highest BCUT2D eigenvalue weighted by Gasteiger charge is 2.22. The molecule has 0 spiro atoms. The van der Waals surface area contributed by atoms with E-state index in [1.807, 2.05) is 19.2 Å². The minimum absolute atomic E-state index is 0.0228. The Hall–Kier alpha value is -1.37. The molecule has 0 aliphatic carbocycles. The Kier molecular flexibility index (Phi) is 3.00. The van der Waals surface area contributed by atoms with Crippen molar-refractivity contribution in [1.29, 1.82) is 5.26 Å². The fraction of sp³-hybridized carbons (Fsp3) is 0.417. The topological polar surface area (TPSA) is 45.0 Å². The van der Waals surface area contributed by atoms with Crippen LogP contribution in [0.15, 0.2) is 18.2 Å². The smallest absolute Gasteiger partial charge is 0.0995 e. The lowest BCUT2D eigenvalue weighted by Crippen LogP contribution is -2.26. The van der Waals surface area contributed by atoms with E-state index in [1.54, 1.807) is 0 Å². The normalized spacial score (nSPS) is 19.3. The van der Waals surface area contributed by atoms with Gasteiger partial charge in [0.1, 0.15) is 0 Å². The van der Waals surface area contributed by atoms with Crippen molar-refractivity contribution in [2.24, 2.45) is 0 Å². The van der Waals surface area contributed by atoms with Crippen molar-refractivity contribution in [2.75, 3.05) is 20.2 Å². The number of hydrogen-bond acceptors (Lipinski definition) is 3. The molecule has 1 atom stereocenters. The Morgan fingerprint density at radius 3 is 3.20 bits per heavy atom. The number of nitrogens with zero attached hydrogens (tertiary/aromatic N) is 1. The van der Waals surface area contributed by atoms with E-state index in [4.69, 9.17) is 10.00 Å². The monoisotopic (exact) mass is 202 g/mol. The van der Waals surface area contributed by atoms with E-state index in [-0.39, 0.29) is 6.10 Å². The van der Waals surface area contributed by atoms with Crippen LogP contribution in [0.1, 0.15) is 22.8 Å². The van der Waals surface area contributed by atoms with Crippen molar-refractivity contribution in [3.8, 4) is 6.07 Å². The van der Waals surface area contributed by atoms with Crippen LogP contribution < -0.4 is 5.32 Å². The molecule has 0 amide bonds. The predicted molar refractivity (Wildman–Crippen MR) is 57.5 cm³/mol. The zero-order valence-corrected chi connectivity index (χ0v) is 8.79. The molecule has 2 rings (SSSR count). The number of fused-ring (bicyclic) bond motifs is 1. The maximum atomic E-state index is 9.05. The Balaban J connectivity index is 2.44. The number of nitrogens with one attached hydrogen (secondary N) is 1. The summed E-state index contributed by atoms with van der Waals surface area (Å²) in [4.78, 5) is 0. The molecule has 15 heavy (non-hydrogen) atoms. The summed E-state index contributed by atoms with van der Waals surface area (Å²) >= 11 is 0. The average molecular weight is 202 g/mol. The molecular formula is C12H14N2O. The lowest BCUT2D eigenvalue weighted by molar-refractivity contribution is 0.0436. The van der Waals surface area contributed by atoms with E-state index in [9.17, 15) is 0 Å². The number of rotatable bonds is 2. The Morgan fingerprint density at radius 2 is 2.47 bits per heavy atom. The van der Waals surface area contributed by atoms with E-state index in [0.717, 1.165) is 30.7 Å². The van der Waals surface area contributed by atoms with E-state index in [1.165, 1.54) is 5.56 Å². The summed E-state index contributed by atoms with van der Waals surface area (Å²) < 4.78 is 5.67. The van der Waals surface area contributed by atoms with Crippen LogP contribution >= 0.6 is 0 Å². The van der Waals surface area contributed by atoms with Crippen molar-refractivity contribution < 1.29 is 4.74 Å². The van der Waals surface area contributed by atoms with Crippen molar-refractivity contribution in [1.82, 2.24) is 5.32 Å². The van der Waals surface area contributed by atoms with Gasteiger partial charge in [-0.3, -0.25) is 0 Å². The summed E-state index contributed by atoms with van der Waals surface area (Å²) in [5.41, 5.74) is 3.06. The summed E-state index contributed by atoms with van der Waals surface area (Å²) in [6.45, 7) is 1.50. The van der Waals surface area contributed by atoms with E-state index >= 15 is 0 Å². The van der Waals surface area contributed by atoms with Crippen LogP contribution in [0.5, 0.6) is 0 Å². The van der Waals surface area contributed by atoms with Gasteiger partial charge in [-0.05, 0) is 25.1 Å². The number of benzene rings is 1. The second kappa shape index (κ2) is 4.43. The fourth-order valence-electron chi connectivity index (χ4n) is 2.05. The Labute approximate surface area is 89.7 Å². The highest BCUT2D eigenvalue weighted by Crippen LogP contribution is 2.29. The average Bonchev–Trinajstić information content (AvgIpc) is 2.29. The molecule has 0 saturated carbocycles. The maximum Gasteiger partial charge on any atom is 0.0995 e. The van der Waals surface area contributed by atoms with Crippen LogP contribution in [-0.4, -0.2) is 20.2 Å². The first-order chi connectivity index (χ1) is 7.36. The van der Waals surface area contributed by atoms with Crippen LogP contribution in [0.25, 0.3) is 0 Å². The lowest BCUT2D eigenvalue weighted by Gasteiger charge is -2.26. The van der Waals surface area contributed by atoms with Crippen LogP contribution in [0.3, 0.4) is 0 Å². The summed E-state index contributed by atoms with van der Waals surface area (Å²) in [6.07, 6.45) is 0.931. The highest BCUT2D eigenvalue weighted by molar-refractivity contribution is 5.45. The van der Waals surface area contributed by atoms with E-state index in [0.29, 0.717) is 0 Å². The quantitative estimate of drug-likeness (QED) is 0.788. The zero-order chi connectivity index (χ0) is 10.7. The second-order valence-electron chi connectivity index (χ2n) is 3.66. The molecule has 0 fully saturated rings. The summed E-state index contributed by atoms with van der Waals surface area (Å²) in [6, 6.07) is 8.12. The summed E-state index contributed by atoms with van der Waals surface area (Å²) in [5, 5.41) is 12.1. The third kappa shape index (κ3) is 1.87. The van der Waals surface area contributed by atoms with Gasteiger partial charge in [0.05, 0.1) is 24.3 Å². The highest BCUT2D eigenvalue weighted by atomic mass is 16.5. The molecule has 0 saturated heterocycles. The maximum absolute atomic E-state index is 9.05. The van der Waals surface area contributed by atoms with Crippen LogP contribution in [0.4, 0.5) is 0 Å². The molecule has 1 aliphatic rings. The number of hydrogen-bond donors (Lipinski definition) is 1. The molecule has 3 nitrogen and oxygen atoms in total. The second-order valence-corrected chi connectivity index (χ2v) is 3.66. The van der Waals surface area contributed by atoms with Gasteiger partial charge in [-0.2, -0.15) is 5.26 Å². The standard InChI is InChI=1S/C12H14N2O/c1-14-8-11-12-9(5-6-15-11)3-2-4-10(12)7-13/h2-4,11,14H,5-6,8H2,1H3/t11-/m1/s1. The molecule has 1 aromatic rings. The first-order valence-corrected chi connectivity index (χ1v) is 5.15. The largest absolute Gasteiger partial charge is 0.372 e. The van der Waals surface area contributed by atoms with Crippen LogP contribution in [0.2, 0.25) is 0 Å². The molecule has 1 heterocycles. The Morgan fingerprint density at radius 1 is 1.60 bits per heavy atom. The number of nitriles is 1. The minimum atomic E-state index is 0.0228. The fourth-order valence-corrected chi connectivity index (χ4v) is 2.05. The van der Waals surface area contributed by atoms with Gasteiger partial charge < -0.3 is 10.1 Å². The molecule has 1 aromatic carbocycles. The van der Waals surface area contributed by atoms with E-state index in [2.05, 4.69) is 17.5 Å². The zero-order valence-electron chi connectivity index (χ0n) is 8.79. The SMILES string of the molecule is CNC[C@H]1OCCc2cccc(C#N)c21. The third-order valence-corrected chi connectivity index (χ3v) is 2.72. The van der Waals surface area contributed by atoms with Crippen LogP contribution in [-0.2, 0) is 11.2 Å². The predicted octanol–water partition coefficient (Wildman–Crippen LogP) is 1.39. The first kappa shape index (κ1) is 10.2. The van der Waals surface area contributed by atoms with Gasteiger partial charge in [0.15, 0.2) is 0 Å². The van der Waals surface area contributed by atoms with Crippen molar-refractivity contribution in [2.45, 2.75) is 12.5 Å². The summed E-state index contributed by atoms with van der Waals surface area (Å²) in [7, 11) is 1.90. The minimum Gasteiger partial charge on any atom is -0.372 e. The van der Waals surface area contributed by atoms with Crippen LogP contribution in [0, 0.1) is 11.3 Å². The van der Waals surface area contributed by atoms with Gasteiger partial charge in [0, 0.05) is 12.1 Å². The van der Waals surface area contributed by atoms with Gasteiger partial charge in [-0.25, -0.2) is 0 Å². The van der Waals surface area contributed by atoms with E-state index < -0.39 is 0 Å². The van der Waals surface area contributed by atoms with Gasteiger partial charge >= 0.3 is 0 Å². The van der Waals surface area contributed by atoms with Gasteiger partial charge in [0.2, 0.25) is 0 Å². The van der Waals surface area contributed by atoms with Gasteiger partial charge in [-0.15, -0.1) is 0 Å². The van der Waals surface area contributed by atoms with Crippen molar-refractivity contribution in [3.05, 3.63) is 34.9 Å². The number of likely N-dealkylation sites (N-methyl/N-ethyl adjacent to an activating group) is 1. The van der Waals surface area contributed by atoms with Gasteiger partial charge in [-0.1, -0.05) is 12.1 Å². The lowest BCUT2D eigenvalue weighted by atomic mass is 9.93. The third-order valence-electron chi connectivity index (χ3n) is 2.72. The molecule has 0 radical (unpaired) electrons. The first-order valence-electron chi connectivity index (χ1n) is 5.15. The molecule has 1 aliphatic heterocycles. The molecule has 0 bridgehead atoms. The van der Waals surface area contributed by atoms with Crippen molar-refractivity contribution >= 4 is 0 Å². The molecular weight excluding hydrogens is 188 g/mol. The summed E-state index contributed by atoms with van der Waals surface area (Å²) in [5.74, 6) is 0. The molecule has 1 N–H and O–H groups in total.